The third-order valence-corrected chi connectivity index (χ3v) is 4.17. The standard InChI is InChI=1S/C19H20N6/c1-23(2)11-12-24-10-7-18(22-24)16-6-3-5-15(13-16)17-14-21-25-9-4-8-20-19(17)25/h3-10,13-14H,11-12H2,1-2H3. The molecule has 0 aliphatic carbocycles. The van der Waals surface area contributed by atoms with Crippen LogP contribution in [0.25, 0.3) is 28.0 Å². The summed E-state index contributed by atoms with van der Waals surface area (Å²) in [7, 11) is 4.14. The molecule has 4 aromatic rings. The highest BCUT2D eigenvalue weighted by Gasteiger charge is 2.09. The molecule has 3 heterocycles. The number of likely N-dealkylation sites (N-methyl/N-ethyl adjacent to an activating group) is 1. The van der Waals surface area contributed by atoms with E-state index in [-0.39, 0.29) is 0 Å². The van der Waals surface area contributed by atoms with Crippen molar-refractivity contribution in [2.24, 2.45) is 0 Å². The topological polar surface area (TPSA) is 51.2 Å². The molecule has 3 aromatic heterocycles. The van der Waals surface area contributed by atoms with Crippen molar-refractivity contribution in [3.63, 3.8) is 0 Å². The molecule has 1 aromatic carbocycles. The Morgan fingerprint density at radius 2 is 1.92 bits per heavy atom. The van der Waals surface area contributed by atoms with Crippen molar-refractivity contribution in [3.05, 3.63) is 61.2 Å². The zero-order valence-corrected chi connectivity index (χ0v) is 14.4. The molecule has 4 rings (SSSR count). The predicted molar refractivity (Wildman–Crippen MR) is 98.2 cm³/mol. The van der Waals surface area contributed by atoms with Crippen molar-refractivity contribution in [2.45, 2.75) is 6.54 Å². The molecule has 0 spiro atoms. The van der Waals surface area contributed by atoms with Gasteiger partial charge >= 0.3 is 0 Å². The minimum absolute atomic E-state index is 0.858. The Balaban J connectivity index is 1.66. The van der Waals surface area contributed by atoms with Crippen LogP contribution in [0.5, 0.6) is 0 Å². The minimum atomic E-state index is 0.858. The summed E-state index contributed by atoms with van der Waals surface area (Å²) in [5.74, 6) is 0. The Morgan fingerprint density at radius 1 is 1.04 bits per heavy atom. The van der Waals surface area contributed by atoms with Gasteiger partial charge in [0.15, 0.2) is 5.65 Å². The lowest BCUT2D eigenvalue weighted by atomic mass is 10.0. The number of aromatic nitrogens is 5. The molecule has 0 radical (unpaired) electrons. The SMILES string of the molecule is CN(C)CCn1ccc(-c2cccc(-c3cnn4cccnc34)c2)n1. The first kappa shape index (κ1) is 15.5. The van der Waals surface area contributed by atoms with Gasteiger partial charge in [-0.25, -0.2) is 9.50 Å². The molecule has 25 heavy (non-hydrogen) atoms. The van der Waals surface area contributed by atoms with E-state index in [2.05, 4.69) is 59.4 Å². The third-order valence-electron chi connectivity index (χ3n) is 4.17. The second-order valence-electron chi connectivity index (χ2n) is 6.29. The van der Waals surface area contributed by atoms with E-state index in [1.807, 2.05) is 29.3 Å². The molecular weight excluding hydrogens is 312 g/mol. The van der Waals surface area contributed by atoms with Gasteiger partial charge in [-0.05, 0) is 37.9 Å². The van der Waals surface area contributed by atoms with Gasteiger partial charge in [-0.2, -0.15) is 10.2 Å². The molecule has 0 unspecified atom stereocenters. The van der Waals surface area contributed by atoms with Gasteiger partial charge in [0.1, 0.15) is 0 Å². The van der Waals surface area contributed by atoms with Crippen molar-refractivity contribution in [1.82, 2.24) is 29.3 Å². The van der Waals surface area contributed by atoms with Gasteiger partial charge in [0.25, 0.3) is 0 Å². The molecule has 0 atom stereocenters. The van der Waals surface area contributed by atoms with Gasteiger partial charge in [0, 0.05) is 36.3 Å². The predicted octanol–water partition coefficient (Wildman–Crippen LogP) is 2.82. The first-order valence-corrected chi connectivity index (χ1v) is 8.28. The fourth-order valence-electron chi connectivity index (χ4n) is 2.82. The second kappa shape index (κ2) is 6.49. The van der Waals surface area contributed by atoms with Crippen molar-refractivity contribution >= 4 is 5.65 Å². The van der Waals surface area contributed by atoms with Gasteiger partial charge in [-0.15, -0.1) is 0 Å². The van der Waals surface area contributed by atoms with Crippen LogP contribution in [-0.4, -0.2) is 49.9 Å². The van der Waals surface area contributed by atoms with E-state index in [1.165, 1.54) is 0 Å². The van der Waals surface area contributed by atoms with Crippen LogP contribution in [0, 0.1) is 0 Å². The summed E-state index contributed by atoms with van der Waals surface area (Å²) in [4.78, 5) is 6.59. The van der Waals surface area contributed by atoms with Gasteiger partial charge in [0.2, 0.25) is 0 Å². The summed E-state index contributed by atoms with van der Waals surface area (Å²) in [5.41, 5.74) is 5.04. The number of benzene rings is 1. The molecule has 0 aliphatic heterocycles. The summed E-state index contributed by atoms with van der Waals surface area (Å²) in [6, 6.07) is 12.3. The smallest absolute Gasteiger partial charge is 0.162 e. The van der Waals surface area contributed by atoms with Crippen LogP contribution in [0.15, 0.2) is 61.2 Å². The van der Waals surface area contributed by atoms with Crippen LogP contribution in [-0.2, 0) is 6.54 Å². The molecule has 0 saturated heterocycles. The van der Waals surface area contributed by atoms with Gasteiger partial charge in [-0.3, -0.25) is 4.68 Å². The van der Waals surface area contributed by atoms with E-state index in [4.69, 9.17) is 5.10 Å². The highest BCUT2D eigenvalue weighted by Crippen LogP contribution is 2.27. The first-order chi connectivity index (χ1) is 12.2. The summed E-state index contributed by atoms with van der Waals surface area (Å²) in [6.07, 6.45) is 7.58. The van der Waals surface area contributed by atoms with Crippen LogP contribution in [0.4, 0.5) is 0 Å². The summed E-state index contributed by atoms with van der Waals surface area (Å²) >= 11 is 0. The van der Waals surface area contributed by atoms with Crippen LogP contribution >= 0.6 is 0 Å². The van der Waals surface area contributed by atoms with E-state index < -0.39 is 0 Å². The summed E-state index contributed by atoms with van der Waals surface area (Å²) in [6.45, 7) is 1.85. The Bertz CT molecular complexity index is 998. The molecule has 0 N–H and O–H groups in total. The van der Waals surface area contributed by atoms with E-state index in [9.17, 15) is 0 Å². The zero-order chi connectivity index (χ0) is 17.2. The van der Waals surface area contributed by atoms with E-state index in [1.54, 1.807) is 10.7 Å². The molecule has 0 fully saturated rings. The largest absolute Gasteiger partial charge is 0.308 e. The van der Waals surface area contributed by atoms with E-state index in [0.29, 0.717) is 0 Å². The zero-order valence-electron chi connectivity index (χ0n) is 14.4. The Kier molecular flexibility index (Phi) is 4.03. The fourth-order valence-corrected chi connectivity index (χ4v) is 2.82. The molecule has 6 nitrogen and oxygen atoms in total. The minimum Gasteiger partial charge on any atom is -0.308 e. The number of nitrogens with zero attached hydrogens (tertiary/aromatic N) is 6. The quantitative estimate of drug-likeness (QED) is 0.564. The van der Waals surface area contributed by atoms with Crippen LogP contribution < -0.4 is 0 Å². The average Bonchev–Trinajstić information content (AvgIpc) is 3.27. The van der Waals surface area contributed by atoms with E-state index in [0.717, 1.165) is 41.1 Å². The molecule has 0 saturated carbocycles. The van der Waals surface area contributed by atoms with Crippen molar-refractivity contribution in [1.29, 1.82) is 0 Å². The van der Waals surface area contributed by atoms with E-state index >= 15 is 0 Å². The molecule has 0 bridgehead atoms. The van der Waals surface area contributed by atoms with Gasteiger partial charge < -0.3 is 4.90 Å². The number of fused-ring (bicyclic) bond motifs is 1. The van der Waals surface area contributed by atoms with Gasteiger partial charge in [-0.1, -0.05) is 18.2 Å². The van der Waals surface area contributed by atoms with Crippen molar-refractivity contribution < 1.29 is 0 Å². The van der Waals surface area contributed by atoms with Crippen molar-refractivity contribution in [2.75, 3.05) is 20.6 Å². The average molecular weight is 332 g/mol. The maximum absolute atomic E-state index is 4.69. The Labute approximate surface area is 146 Å². The summed E-state index contributed by atoms with van der Waals surface area (Å²) < 4.78 is 3.77. The molecule has 0 amide bonds. The Hall–Kier alpha value is -2.99. The highest BCUT2D eigenvalue weighted by atomic mass is 15.3. The van der Waals surface area contributed by atoms with Gasteiger partial charge in [0.05, 0.1) is 18.4 Å². The lowest BCUT2D eigenvalue weighted by molar-refractivity contribution is 0.373. The van der Waals surface area contributed by atoms with Crippen LogP contribution in [0.2, 0.25) is 0 Å². The maximum Gasteiger partial charge on any atom is 0.162 e. The monoisotopic (exact) mass is 332 g/mol. The first-order valence-electron chi connectivity index (χ1n) is 8.28. The number of hydrogen-bond donors (Lipinski definition) is 0. The number of hydrogen-bond acceptors (Lipinski definition) is 4. The molecule has 126 valence electrons. The van der Waals surface area contributed by atoms with Crippen LogP contribution in [0.3, 0.4) is 0 Å². The lowest BCUT2D eigenvalue weighted by Gasteiger charge is -2.08. The third kappa shape index (κ3) is 3.16. The lowest BCUT2D eigenvalue weighted by Crippen LogP contribution is -2.18. The molecule has 0 aliphatic rings. The van der Waals surface area contributed by atoms with Crippen LogP contribution in [0.1, 0.15) is 0 Å². The highest BCUT2D eigenvalue weighted by molar-refractivity contribution is 5.79. The summed E-state index contributed by atoms with van der Waals surface area (Å²) in [5, 5.41) is 9.06. The normalized spacial score (nSPS) is 11.5. The Morgan fingerprint density at radius 3 is 2.80 bits per heavy atom. The second-order valence-corrected chi connectivity index (χ2v) is 6.29. The molecule has 6 heteroatoms. The fraction of sp³-hybridized carbons (Fsp3) is 0.211. The maximum atomic E-state index is 4.69. The number of rotatable bonds is 5. The molecular formula is C19H20N6. The van der Waals surface area contributed by atoms with Crippen molar-refractivity contribution in [3.8, 4) is 22.4 Å².